The molecule has 1 fully saturated rings. The molecule has 7 heteroatoms. The van der Waals surface area contributed by atoms with Gasteiger partial charge in [0.25, 0.3) is 0 Å². The Balaban J connectivity index is 2.01. The fourth-order valence-corrected chi connectivity index (χ4v) is 6.59. The van der Waals surface area contributed by atoms with Crippen LogP contribution in [0.5, 0.6) is 0 Å². The highest BCUT2D eigenvalue weighted by atomic mass is 35.5. The van der Waals surface area contributed by atoms with E-state index in [4.69, 9.17) is 23.2 Å². The van der Waals surface area contributed by atoms with E-state index in [2.05, 4.69) is 0 Å². The van der Waals surface area contributed by atoms with Crippen LogP contribution in [0.2, 0.25) is 10.0 Å². The molecule has 0 radical (unpaired) electrons. The van der Waals surface area contributed by atoms with Crippen molar-refractivity contribution in [2.45, 2.75) is 24.1 Å². The Labute approximate surface area is 157 Å². The minimum atomic E-state index is -3.58. The Morgan fingerprint density at radius 2 is 1.83 bits per heavy atom. The Morgan fingerprint density at radius 1 is 1.08 bits per heavy atom. The summed E-state index contributed by atoms with van der Waals surface area (Å²) < 4.78 is 27.7. The highest BCUT2D eigenvalue weighted by molar-refractivity contribution is 8.01. The van der Waals surface area contributed by atoms with Gasteiger partial charge in [-0.15, -0.1) is 11.8 Å². The topological polar surface area (TPSA) is 37.4 Å². The van der Waals surface area contributed by atoms with Crippen molar-refractivity contribution in [2.75, 3.05) is 12.3 Å². The Hall–Kier alpha value is -0.720. The average molecular weight is 402 g/mol. The number of benzene rings is 2. The molecule has 3 nitrogen and oxygen atoms in total. The van der Waals surface area contributed by atoms with Crippen LogP contribution in [-0.2, 0) is 10.0 Å². The van der Waals surface area contributed by atoms with Gasteiger partial charge in [0.05, 0.1) is 10.3 Å². The highest BCUT2D eigenvalue weighted by Gasteiger charge is 2.37. The van der Waals surface area contributed by atoms with E-state index >= 15 is 0 Å². The van der Waals surface area contributed by atoms with Gasteiger partial charge in [0.15, 0.2) is 0 Å². The largest absolute Gasteiger partial charge is 0.244 e. The molecule has 0 amide bonds. The van der Waals surface area contributed by atoms with Crippen LogP contribution in [-0.4, -0.2) is 25.0 Å². The molecular weight excluding hydrogens is 385 g/mol. The molecule has 1 atom stereocenters. The normalized spacial score (nSPS) is 18.9. The van der Waals surface area contributed by atoms with Crippen molar-refractivity contribution in [3.05, 3.63) is 63.1 Å². The first-order valence-electron chi connectivity index (χ1n) is 7.46. The van der Waals surface area contributed by atoms with Crippen molar-refractivity contribution in [3.63, 3.8) is 0 Å². The van der Waals surface area contributed by atoms with Crippen LogP contribution in [0.15, 0.2) is 41.3 Å². The van der Waals surface area contributed by atoms with E-state index < -0.39 is 10.0 Å². The lowest BCUT2D eigenvalue weighted by atomic mass is 10.1. The Kier molecular flexibility index (Phi) is 5.19. The third kappa shape index (κ3) is 3.33. The summed E-state index contributed by atoms with van der Waals surface area (Å²) >= 11 is 13.8. The van der Waals surface area contributed by atoms with Crippen molar-refractivity contribution in [1.82, 2.24) is 4.31 Å². The van der Waals surface area contributed by atoms with Crippen molar-refractivity contribution in [2.24, 2.45) is 0 Å². The van der Waals surface area contributed by atoms with Gasteiger partial charge in [0.1, 0.15) is 0 Å². The summed E-state index contributed by atoms with van der Waals surface area (Å²) in [6.07, 6.45) is 0. The number of rotatable bonds is 3. The molecule has 0 saturated carbocycles. The molecule has 0 spiro atoms. The van der Waals surface area contributed by atoms with Crippen LogP contribution in [0, 0.1) is 13.8 Å². The van der Waals surface area contributed by atoms with Crippen LogP contribution in [0.3, 0.4) is 0 Å². The average Bonchev–Trinajstić information content (AvgIpc) is 3.00. The predicted octanol–water partition coefficient (Wildman–Crippen LogP) is 5.05. The molecule has 2 aromatic carbocycles. The lowest BCUT2D eigenvalue weighted by Gasteiger charge is -2.24. The van der Waals surface area contributed by atoms with Crippen LogP contribution in [0.25, 0.3) is 0 Å². The van der Waals surface area contributed by atoms with Crippen molar-refractivity contribution >= 4 is 45.0 Å². The molecule has 0 aliphatic carbocycles. The van der Waals surface area contributed by atoms with E-state index in [0.717, 1.165) is 22.4 Å². The van der Waals surface area contributed by atoms with E-state index in [9.17, 15) is 8.42 Å². The summed E-state index contributed by atoms with van der Waals surface area (Å²) in [5, 5.41) is 0.693. The minimum Gasteiger partial charge on any atom is -0.207 e. The summed E-state index contributed by atoms with van der Waals surface area (Å²) in [5.74, 6) is 0.730. The molecule has 1 heterocycles. The molecule has 0 N–H and O–H groups in total. The van der Waals surface area contributed by atoms with Gasteiger partial charge in [-0.1, -0.05) is 35.3 Å². The van der Waals surface area contributed by atoms with E-state index in [0.29, 0.717) is 21.5 Å². The number of hydrogen-bond acceptors (Lipinski definition) is 3. The standard InChI is InChI=1S/C17H17Cl2NO2S2/c1-11-3-5-14(9-12(11)2)24(21,22)20-7-8-23-17(20)15-6-4-13(18)10-16(15)19/h3-6,9-10,17H,7-8H2,1-2H3/t17-/m1/s1. The lowest BCUT2D eigenvalue weighted by Crippen LogP contribution is -2.30. The summed E-state index contributed by atoms with van der Waals surface area (Å²) in [5.41, 5.74) is 2.81. The maximum Gasteiger partial charge on any atom is 0.244 e. The number of halogens is 2. The maximum absolute atomic E-state index is 13.1. The Bertz CT molecular complexity index is 884. The second-order valence-electron chi connectivity index (χ2n) is 5.75. The van der Waals surface area contributed by atoms with Crippen LogP contribution in [0.1, 0.15) is 22.1 Å². The molecule has 2 aromatic rings. The molecule has 1 saturated heterocycles. The number of nitrogens with zero attached hydrogens (tertiary/aromatic N) is 1. The van der Waals surface area contributed by atoms with Crippen LogP contribution in [0.4, 0.5) is 0 Å². The third-order valence-electron chi connectivity index (χ3n) is 4.16. The molecule has 128 valence electrons. The van der Waals surface area contributed by atoms with Gasteiger partial charge < -0.3 is 0 Å². The quantitative estimate of drug-likeness (QED) is 0.721. The summed E-state index contributed by atoms with van der Waals surface area (Å²) in [6.45, 7) is 4.35. The predicted molar refractivity (Wildman–Crippen MR) is 101 cm³/mol. The molecular formula is C17H17Cl2NO2S2. The maximum atomic E-state index is 13.1. The molecule has 1 aliphatic heterocycles. The first kappa shape index (κ1) is 18.1. The minimum absolute atomic E-state index is 0.322. The highest BCUT2D eigenvalue weighted by Crippen LogP contribution is 2.44. The molecule has 1 aliphatic rings. The number of hydrogen-bond donors (Lipinski definition) is 0. The van der Waals surface area contributed by atoms with Gasteiger partial charge in [-0.05, 0) is 54.8 Å². The second-order valence-corrected chi connectivity index (χ2v) is 9.67. The van der Waals surface area contributed by atoms with E-state index in [-0.39, 0.29) is 5.37 Å². The zero-order valence-electron chi connectivity index (χ0n) is 13.3. The van der Waals surface area contributed by atoms with Crippen LogP contribution < -0.4 is 0 Å². The summed E-state index contributed by atoms with van der Waals surface area (Å²) in [4.78, 5) is 0.322. The van der Waals surface area contributed by atoms with E-state index in [1.165, 1.54) is 4.31 Å². The molecule has 0 unspecified atom stereocenters. The van der Waals surface area contributed by atoms with E-state index in [1.54, 1.807) is 42.1 Å². The molecule has 24 heavy (non-hydrogen) atoms. The third-order valence-corrected chi connectivity index (χ3v) is 7.96. The zero-order valence-corrected chi connectivity index (χ0v) is 16.4. The lowest BCUT2D eigenvalue weighted by molar-refractivity contribution is 0.434. The second kappa shape index (κ2) is 6.89. The number of sulfonamides is 1. The van der Waals surface area contributed by atoms with Crippen molar-refractivity contribution < 1.29 is 8.42 Å². The SMILES string of the molecule is Cc1ccc(S(=O)(=O)N2CCS[C@@H]2c2ccc(Cl)cc2Cl)cc1C. The fourth-order valence-electron chi connectivity index (χ4n) is 2.66. The molecule has 0 aromatic heterocycles. The molecule has 3 rings (SSSR count). The van der Waals surface area contributed by atoms with E-state index in [1.807, 2.05) is 19.9 Å². The van der Waals surface area contributed by atoms with Gasteiger partial charge in [0, 0.05) is 22.3 Å². The van der Waals surface area contributed by atoms with Crippen molar-refractivity contribution in [3.8, 4) is 0 Å². The van der Waals surface area contributed by atoms with Crippen LogP contribution >= 0.6 is 35.0 Å². The first-order chi connectivity index (χ1) is 11.3. The Morgan fingerprint density at radius 3 is 2.50 bits per heavy atom. The van der Waals surface area contributed by atoms with Crippen molar-refractivity contribution in [1.29, 1.82) is 0 Å². The summed E-state index contributed by atoms with van der Waals surface area (Å²) in [6, 6.07) is 10.4. The van der Waals surface area contributed by atoms with Gasteiger partial charge >= 0.3 is 0 Å². The summed E-state index contributed by atoms with van der Waals surface area (Å²) in [7, 11) is -3.58. The number of thioether (sulfide) groups is 1. The first-order valence-corrected chi connectivity index (χ1v) is 10.7. The van der Waals surface area contributed by atoms with Gasteiger partial charge in [-0.2, -0.15) is 4.31 Å². The number of aryl methyl sites for hydroxylation is 2. The zero-order chi connectivity index (χ0) is 17.5. The smallest absolute Gasteiger partial charge is 0.207 e. The van der Waals surface area contributed by atoms with Gasteiger partial charge in [-0.25, -0.2) is 8.42 Å². The van der Waals surface area contributed by atoms with Gasteiger partial charge in [-0.3, -0.25) is 0 Å². The fraction of sp³-hybridized carbons (Fsp3) is 0.294. The monoisotopic (exact) mass is 401 g/mol. The molecule has 0 bridgehead atoms. The van der Waals surface area contributed by atoms with Gasteiger partial charge in [0.2, 0.25) is 10.0 Å².